The van der Waals surface area contributed by atoms with Crippen LogP contribution in [0.3, 0.4) is 0 Å². The third-order valence-corrected chi connectivity index (χ3v) is 6.18. The average Bonchev–Trinajstić information content (AvgIpc) is 2.82. The third kappa shape index (κ3) is 5.30. The van der Waals surface area contributed by atoms with Crippen molar-refractivity contribution < 1.29 is 9.59 Å². The van der Waals surface area contributed by atoms with Crippen molar-refractivity contribution >= 4 is 22.7 Å². The summed E-state index contributed by atoms with van der Waals surface area (Å²) in [6.45, 7) is 3.58. The zero-order chi connectivity index (χ0) is 23.2. The number of aromatic nitrogens is 2. The van der Waals surface area contributed by atoms with Crippen molar-refractivity contribution in [2.45, 2.75) is 52.1 Å². The summed E-state index contributed by atoms with van der Waals surface area (Å²) in [5.74, 6) is 0.294. The molecule has 2 aromatic carbocycles. The molecule has 4 rings (SSSR count). The van der Waals surface area contributed by atoms with Crippen LogP contribution in [0.2, 0.25) is 0 Å². The molecule has 7 nitrogen and oxygen atoms in total. The highest BCUT2D eigenvalue weighted by Gasteiger charge is 2.17. The van der Waals surface area contributed by atoms with E-state index in [1.807, 2.05) is 37.3 Å². The van der Waals surface area contributed by atoms with E-state index in [0.717, 1.165) is 43.5 Å². The van der Waals surface area contributed by atoms with Gasteiger partial charge in [-0.25, -0.2) is 4.98 Å². The van der Waals surface area contributed by atoms with Crippen LogP contribution in [0, 0.1) is 0 Å². The Labute approximate surface area is 193 Å². The summed E-state index contributed by atoms with van der Waals surface area (Å²) in [5.41, 5.74) is 1.92. The van der Waals surface area contributed by atoms with Gasteiger partial charge in [-0.3, -0.25) is 19.0 Å². The molecule has 0 saturated heterocycles. The van der Waals surface area contributed by atoms with Crippen LogP contribution >= 0.6 is 0 Å². The van der Waals surface area contributed by atoms with Gasteiger partial charge in [-0.2, -0.15) is 0 Å². The molecule has 1 N–H and O–H groups in total. The van der Waals surface area contributed by atoms with E-state index in [9.17, 15) is 14.4 Å². The Morgan fingerprint density at radius 2 is 1.85 bits per heavy atom. The van der Waals surface area contributed by atoms with Crippen LogP contribution < -0.4 is 10.9 Å². The van der Waals surface area contributed by atoms with Crippen molar-refractivity contribution in [3.63, 3.8) is 0 Å². The first kappa shape index (κ1) is 22.7. The van der Waals surface area contributed by atoms with Gasteiger partial charge in [0.1, 0.15) is 5.82 Å². The Hall–Kier alpha value is -3.48. The lowest BCUT2D eigenvalue weighted by Crippen LogP contribution is -2.39. The number of hydrogen-bond donors (Lipinski definition) is 1. The highest BCUT2D eigenvalue weighted by Crippen LogP contribution is 2.16. The zero-order valence-electron chi connectivity index (χ0n) is 19.0. The van der Waals surface area contributed by atoms with Crippen LogP contribution in [0.15, 0.2) is 53.3 Å². The Morgan fingerprint density at radius 3 is 2.64 bits per heavy atom. The number of benzene rings is 2. The number of nitrogens with one attached hydrogen (secondary N) is 1. The van der Waals surface area contributed by atoms with Gasteiger partial charge in [0, 0.05) is 31.6 Å². The SMILES string of the molecule is CCN(Cc1ccccc1)C(=O)CNC(=O)c1ccc2c(=O)n3c(nc2c1)CCCCCC3. The molecule has 1 aromatic heterocycles. The molecular weight excluding hydrogens is 416 g/mol. The Balaban J connectivity index is 1.47. The van der Waals surface area contributed by atoms with E-state index in [1.54, 1.807) is 27.7 Å². The van der Waals surface area contributed by atoms with E-state index >= 15 is 0 Å². The lowest BCUT2D eigenvalue weighted by atomic mass is 10.1. The van der Waals surface area contributed by atoms with Gasteiger partial charge in [0.2, 0.25) is 5.91 Å². The number of amides is 2. The molecule has 0 atom stereocenters. The first-order valence-electron chi connectivity index (χ1n) is 11.7. The van der Waals surface area contributed by atoms with E-state index in [4.69, 9.17) is 4.98 Å². The van der Waals surface area contributed by atoms with Crippen LogP contribution in [-0.2, 0) is 24.3 Å². The van der Waals surface area contributed by atoms with E-state index in [0.29, 0.717) is 36.1 Å². The normalized spacial score (nSPS) is 13.6. The van der Waals surface area contributed by atoms with Crippen molar-refractivity contribution in [2.24, 2.45) is 0 Å². The molecule has 172 valence electrons. The van der Waals surface area contributed by atoms with Crippen molar-refractivity contribution in [3.05, 3.63) is 75.8 Å². The molecule has 1 aliphatic rings. The number of carbonyl (C=O) groups is 2. The molecule has 3 aromatic rings. The number of rotatable bonds is 6. The fraction of sp³-hybridized carbons (Fsp3) is 0.385. The molecule has 2 heterocycles. The number of hydrogen-bond acceptors (Lipinski definition) is 4. The number of carbonyl (C=O) groups excluding carboxylic acids is 2. The summed E-state index contributed by atoms with van der Waals surface area (Å²) in [6.07, 6.45) is 5.03. The second-order valence-corrected chi connectivity index (χ2v) is 8.46. The van der Waals surface area contributed by atoms with Gasteiger partial charge in [0.25, 0.3) is 11.5 Å². The van der Waals surface area contributed by atoms with Gasteiger partial charge in [-0.05, 0) is 43.5 Å². The second-order valence-electron chi connectivity index (χ2n) is 8.46. The van der Waals surface area contributed by atoms with Gasteiger partial charge in [0.15, 0.2) is 0 Å². The maximum atomic E-state index is 13.0. The molecule has 0 bridgehead atoms. The van der Waals surface area contributed by atoms with Gasteiger partial charge in [-0.15, -0.1) is 0 Å². The minimum atomic E-state index is -0.352. The average molecular weight is 447 g/mol. The van der Waals surface area contributed by atoms with E-state index < -0.39 is 0 Å². The minimum absolute atomic E-state index is 0.0430. The Bertz CT molecular complexity index is 1200. The van der Waals surface area contributed by atoms with Gasteiger partial charge in [0.05, 0.1) is 17.4 Å². The van der Waals surface area contributed by atoms with E-state index in [2.05, 4.69) is 5.32 Å². The Morgan fingerprint density at radius 1 is 1.06 bits per heavy atom. The molecule has 1 aliphatic heterocycles. The standard InChI is InChI=1S/C26H30N4O3/c1-2-29(18-19-10-6-5-7-11-19)24(31)17-27-25(32)20-13-14-21-22(16-20)28-23-12-8-3-4-9-15-30(23)26(21)33/h5-7,10-11,13-14,16H,2-4,8-9,12,15,17-18H2,1H3,(H,27,32). The summed E-state index contributed by atoms with van der Waals surface area (Å²) in [5, 5.41) is 3.24. The van der Waals surface area contributed by atoms with Gasteiger partial charge in [-0.1, -0.05) is 43.2 Å². The van der Waals surface area contributed by atoms with Crippen molar-refractivity contribution in [1.29, 1.82) is 0 Å². The van der Waals surface area contributed by atoms with E-state index in [-0.39, 0.29) is 23.9 Å². The maximum absolute atomic E-state index is 13.0. The van der Waals surface area contributed by atoms with Crippen LogP contribution in [0.5, 0.6) is 0 Å². The molecule has 0 fully saturated rings. The Kier molecular flexibility index (Phi) is 7.17. The summed E-state index contributed by atoms with van der Waals surface area (Å²) in [4.78, 5) is 44.8. The molecule has 0 spiro atoms. The highest BCUT2D eigenvalue weighted by atomic mass is 16.2. The van der Waals surface area contributed by atoms with Crippen LogP contribution in [0.4, 0.5) is 0 Å². The van der Waals surface area contributed by atoms with E-state index in [1.165, 1.54) is 0 Å². The molecule has 0 radical (unpaired) electrons. The number of nitrogens with zero attached hydrogens (tertiary/aromatic N) is 3. The minimum Gasteiger partial charge on any atom is -0.343 e. The molecule has 0 saturated carbocycles. The summed E-state index contributed by atoms with van der Waals surface area (Å²) in [6, 6.07) is 14.7. The predicted molar refractivity (Wildman–Crippen MR) is 128 cm³/mol. The smallest absolute Gasteiger partial charge is 0.261 e. The zero-order valence-corrected chi connectivity index (χ0v) is 19.0. The molecule has 0 aliphatic carbocycles. The van der Waals surface area contributed by atoms with Crippen molar-refractivity contribution in [1.82, 2.24) is 19.8 Å². The highest BCUT2D eigenvalue weighted by molar-refractivity contribution is 5.99. The van der Waals surface area contributed by atoms with Crippen LogP contribution in [0.25, 0.3) is 10.9 Å². The number of fused-ring (bicyclic) bond motifs is 2. The largest absolute Gasteiger partial charge is 0.343 e. The quantitative estimate of drug-likeness (QED) is 0.630. The lowest BCUT2D eigenvalue weighted by molar-refractivity contribution is -0.130. The second kappa shape index (κ2) is 10.4. The van der Waals surface area contributed by atoms with Crippen molar-refractivity contribution in [3.8, 4) is 0 Å². The third-order valence-electron chi connectivity index (χ3n) is 6.18. The first-order valence-corrected chi connectivity index (χ1v) is 11.7. The molecule has 0 unspecified atom stereocenters. The molecule has 7 heteroatoms. The first-order chi connectivity index (χ1) is 16.1. The summed E-state index contributed by atoms with van der Waals surface area (Å²) < 4.78 is 1.78. The van der Waals surface area contributed by atoms with Crippen LogP contribution in [-0.4, -0.2) is 39.4 Å². The monoisotopic (exact) mass is 446 g/mol. The topological polar surface area (TPSA) is 84.3 Å². The molecule has 33 heavy (non-hydrogen) atoms. The summed E-state index contributed by atoms with van der Waals surface area (Å²) in [7, 11) is 0. The van der Waals surface area contributed by atoms with Gasteiger partial charge < -0.3 is 10.2 Å². The number of aryl methyl sites for hydroxylation is 1. The molecular formula is C26H30N4O3. The maximum Gasteiger partial charge on any atom is 0.261 e. The van der Waals surface area contributed by atoms with Crippen LogP contribution in [0.1, 0.15) is 54.4 Å². The molecule has 2 amide bonds. The number of likely N-dealkylation sites (N-methyl/N-ethyl adjacent to an activating group) is 1. The lowest BCUT2D eigenvalue weighted by Gasteiger charge is -2.21. The van der Waals surface area contributed by atoms with Gasteiger partial charge >= 0.3 is 0 Å². The predicted octanol–water partition coefficient (Wildman–Crippen LogP) is 3.29. The summed E-state index contributed by atoms with van der Waals surface area (Å²) >= 11 is 0. The fourth-order valence-electron chi connectivity index (χ4n) is 4.29. The van der Waals surface area contributed by atoms with Crippen molar-refractivity contribution in [2.75, 3.05) is 13.1 Å². The fourth-order valence-corrected chi connectivity index (χ4v) is 4.29.